The van der Waals surface area contributed by atoms with Gasteiger partial charge in [-0.2, -0.15) is 0 Å². The van der Waals surface area contributed by atoms with Crippen LogP contribution in [0.2, 0.25) is 5.02 Å². The van der Waals surface area contributed by atoms with Crippen LogP contribution in [0.25, 0.3) is 0 Å². The van der Waals surface area contributed by atoms with Crippen LogP contribution in [0, 0.1) is 0 Å². The SMILES string of the molecule is COc1ccc(S[C@H](C)C(=O)Nc2ccc(S(=O)(=O)Nc3cccc(Cl)c3)cc2)cc1OC. The van der Waals surface area contributed by atoms with Crippen LogP contribution in [0.5, 0.6) is 11.5 Å². The smallest absolute Gasteiger partial charge is 0.261 e. The van der Waals surface area contributed by atoms with Gasteiger partial charge in [-0.3, -0.25) is 9.52 Å². The van der Waals surface area contributed by atoms with Crippen molar-refractivity contribution in [1.29, 1.82) is 0 Å². The minimum Gasteiger partial charge on any atom is -0.493 e. The molecule has 0 spiro atoms. The van der Waals surface area contributed by atoms with Crippen molar-refractivity contribution >= 4 is 50.7 Å². The minimum absolute atomic E-state index is 0.0632. The van der Waals surface area contributed by atoms with Crippen molar-refractivity contribution in [3.8, 4) is 11.5 Å². The fourth-order valence-electron chi connectivity index (χ4n) is 2.87. The van der Waals surface area contributed by atoms with E-state index >= 15 is 0 Å². The highest BCUT2D eigenvalue weighted by Crippen LogP contribution is 2.33. The number of sulfonamides is 1. The van der Waals surface area contributed by atoms with Gasteiger partial charge in [0.05, 0.1) is 30.1 Å². The molecule has 3 aromatic rings. The predicted molar refractivity (Wildman–Crippen MR) is 132 cm³/mol. The molecule has 33 heavy (non-hydrogen) atoms. The lowest BCUT2D eigenvalue weighted by molar-refractivity contribution is -0.115. The van der Waals surface area contributed by atoms with Gasteiger partial charge < -0.3 is 14.8 Å². The Morgan fingerprint density at radius 2 is 1.64 bits per heavy atom. The summed E-state index contributed by atoms with van der Waals surface area (Å²) in [5, 5.41) is 2.82. The molecule has 0 aliphatic heterocycles. The molecule has 174 valence electrons. The van der Waals surface area contributed by atoms with Crippen LogP contribution in [-0.4, -0.2) is 33.8 Å². The van der Waals surface area contributed by atoms with E-state index in [0.717, 1.165) is 4.90 Å². The molecule has 3 rings (SSSR count). The zero-order valence-corrected chi connectivity index (χ0v) is 20.6. The van der Waals surface area contributed by atoms with Crippen molar-refractivity contribution in [2.75, 3.05) is 24.3 Å². The summed E-state index contributed by atoms with van der Waals surface area (Å²) in [5.41, 5.74) is 0.849. The average molecular weight is 507 g/mol. The van der Waals surface area contributed by atoms with Gasteiger partial charge in [-0.1, -0.05) is 17.7 Å². The number of anilines is 2. The molecule has 0 radical (unpaired) electrons. The van der Waals surface area contributed by atoms with Gasteiger partial charge in [0.1, 0.15) is 0 Å². The van der Waals surface area contributed by atoms with Crippen molar-refractivity contribution in [3.63, 3.8) is 0 Å². The Morgan fingerprint density at radius 3 is 2.27 bits per heavy atom. The number of methoxy groups -OCH3 is 2. The number of benzene rings is 3. The molecule has 0 unspecified atom stereocenters. The Labute approximate surface area is 202 Å². The lowest BCUT2D eigenvalue weighted by Crippen LogP contribution is -2.22. The van der Waals surface area contributed by atoms with Crippen LogP contribution in [0.4, 0.5) is 11.4 Å². The molecule has 0 bridgehead atoms. The summed E-state index contributed by atoms with van der Waals surface area (Å²) in [7, 11) is -0.680. The van der Waals surface area contributed by atoms with Gasteiger partial charge in [0, 0.05) is 15.6 Å². The third-order valence-electron chi connectivity index (χ3n) is 4.55. The summed E-state index contributed by atoms with van der Waals surface area (Å²) in [6, 6.07) is 17.8. The Morgan fingerprint density at radius 1 is 0.939 bits per heavy atom. The van der Waals surface area contributed by atoms with E-state index in [1.165, 1.54) is 42.1 Å². The van der Waals surface area contributed by atoms with Crippen molar-refractivity contribution in [3.05, 3.63) is 71.8 Å². The van der Waals surface area contributed by atoms with Crippen molar-refractivity contribution in [2.24, 2.45) is 0 Å². The molecule has 1 amide bonds. The van der Waals surface area contributed by atoms with Crippen LogP contribution in [0.15, 0.2) is 76.5 Å². The second-order valence-corrected chi connectivity index (χ2v) is 10.4. The largest absolute Gasteiger partial charge is 0.493 e. The summed E-state index contributed by atoms with van der Waals surface area (Å²) < 4.78 is 38.2. The summed E-state index contributed by atoms with van der Waals surface area (Å²) in [4.78, 5) is 13.5. The number of carbonyl (C=O) groups excluding carboxylic acids is 1. The van der Waals surface area contributed by atoms with Crippen molar-refractivity contribution in [2.45, 2.75) is 22.0 Å². The van der Waals surface area contributed by atoms with Crippen molar-refractivity contribution in [1.82, 2.24) is 0 Å². The molecule has 0 saturated carbocycles. The fourth-order valence-corrected chi connectivity index (χ4v) is 5.01. The van der Waals surface area contributed by atoms with E-state index in [-0.39, 0.29) is 10.8 Å². The third kappa shape index (κ3) is 6.56. The average Bonchev–Trinajstić information content (AvgIpc) is 2.79. The van der Waals surface area contributed by atoms with E-state index in [9.17, 15) is 13.2 Å². The number of rotatable bonds is 9. The third-order valence-corrected chi connectivity index (χ3v) is 7.27. The highest BCUT2D eigenvalue weighted by molar-refractivity contribution is 8.00. The number of carbonyl (C=O) groups is 1. The van der Waals surface area contributed by atoms with E-state index in [0.29, 0.717) is 27.9 Å². The van der Waals surface area contributed by atoms with Crippen LogP contribution >= 0.6 is 23.4 Å². The highest BCUT2D eigenvalue weighted by Gasteiger charge is 2.18. The summed E-state index contributed by atoms with van der Waals surface area (Å²) in [6.45, 7) is 1.78. The van der Waals surface area contributed by atoms with E-state index in [2.05, 4.69) is 10.0 Å². The standard InChI is InChI=1S/C23H23ClN2O5S2/c1-15(32-19-9-12-21(30-2)22(14-19)31-3)23(27)25-17-7-10-20(11-8-17)33(28,29)26-18-6-4-5-16(24)13-18/h4-15,26H,1-3H3,(H,25,27)/t15-/m1/s1. The van der Waals surface area contributed by atoms with Crippen LogP contribution in [-0.2, 0) is 14.8 Å². The zero-order chi connectivity index (χ0) is 24.0. The second-order valence-electron chi connectivity index (χ2n) is 6.91. The lowest BCUT2D eigenvalue weighted by Gasteiger charge is -2.14. The monoisotopic (exact) mass is 506 g/mol. The molecule has 7 nitrogen and oxygen atoms in total. The topological polar surface area (TPSA) is 93.7 Å². The molecule has 0 aromatic heterocycles. The summed E-state index contributed by atoms with van der Waals surface area (Å²) in [5.74, 6) is 0.972. The van der Waals surface area contributed by atoms with E-state index in [1.54, 1.807) is 51.5 Å². The number of amides is 1. The molecule has 0 aliphatic carbocycles. The van der Waals surface area contributed by atoms with Gasteiger partial charge in [-0.15, -0.1) is 11.8 Å². The van der Waals surface area contributed by atoms with Crippen LogP contribution in [0.1, 0.15) is 6.92 Å². The second kappa shape index (κ2) is 10.8. The molecule has 0 aliphatic rings. The Bertz CT molecular complexity index is 1230. The first kappa shape index (κ1) is 24.8. The molecule has 3 aromatic carbocycles. The van der Waals surface area contributed by atoms with E-state index < -0.39 is 15.3 Å². The van der Waals surface area contributed by atoms with Gasteiger partial charge in [-0.25, -0.2) is 8.42 Å². The first-order valence-corrected chi connectivity index (χ1v) is 12.5. The molecule has 1 atom stereocenters. The molecule has 2 N–H and O–H groups in total. The maximum Gasteiger partial charge on any atom is 0.261 e. The lowest BCUT2D eigenvalue weighted by atomic mass is 10.3. The molecular formula is C23H23ClN2O5S2. The quantitative estimate of drug-likeness (QED) is 0.384. The van der Waals surface area contributed by atoms with E-state index in [4.69, 9.17) is 21.1 Å². The summed E-state index contributed by atoms with van der Waals surface area (Å²) in [6.07, 6.45) is 0. The molecule has 10 heteroatoms. The first-order chi connectivity index (χ1) is 15.7. The molecule has 0 saturated heterocycles. The number of hydrogen-bond acceptors (Lipinski definition) is 6. The Balaban J connectivity index is 1.63. The normalized spacial score (nSPS) is 12.0. The summed E-state index contributed by atoms with van der Waals surface area (Å²) >= 11 is 7.27. The number of halogens is 1. The number of nitrogens with one attached hydrogen (secondary N) is 2. The van der Waals surface area contributed by atoms with Crippen molar-refractivity contribution < 1.29 is 22.7 Å². The van der Waals surface area contributed by atoms with Gasteiger partial charge in [-0.05, 0) is 67.6 Å². The number of ether oxygens (including phenoxy) is 2. The van der Waals surface area contributed by atoms with E-state index in [1.807, 2.05) is 6.07 Å². The number of hydrogen-bond donors (Lipinski definition) is 2. The first-order valence-electron chi connectivity index (χ1n) is 9.80. The van der Waals surface area contributed by atoms with Gasteiger partial charge in [0.15, 0.2) is 11.5 Å². The Hall–Kier alpha value is -2.88. The van der Waals surface area contributed by atoms with Gasteiger partial charge in [0.25, 0.3) is 10.0 Å². The predicted octanol–water partition coefficient (Wildman–Crippen LogP) is 5.28. The number of thioether (sulfide) groups is 1. The van der Waals surface area contributed by atoms with Crippen LogP contribution in [0.3, 0.4) is 0 Å². The van der Waals surface area contributed by atoms with Crippen LogP contribution < -0.4 is 19.5 Å². The Kier molecular flexibility index (Phi) is 8.12. The zero-order valence-electron chi connectivity index (χ0n) is 18.2. The van der Waals surface area contributed by atoms with Gasteiger partial charge >= 0.3 is 0 Å². The molecule has 0 heterocycles. The fraction of sp³-hybridized carbons (Fsp3) is 0.174. The molecular weight excluding hydrogens is 484 g/mol. The molecule has 0 fully saturated rings. The maximum atomic E-state index is 12.6. The highest BCUT2D eigenvalue weighted by atomic mass is 35.5. The van der Waals surface area contributed by atoms with Gasteiger partial charge in [0.2, 0.25) is 5.91 Å². The minimum atomic E-state index is -3.79. The maximum absolute atomic E-state index is 12.6.